The topological polar surface area (TPSA) is 39.7 Å². The third-order valence-corrected chi connectivity index (χ3v) is 5.46. The van der Waals surface area contributed by atoms with Crippen LogP contribution in [-0.4, -0.2) is 50.1 Å². The van der Waals surface area contributed by atoms with E-state index in [9.17, 15) is 0 Å². The van der Waals surface area contributed by atoms with Crippen molar-refractivity contribution >= 4 is 29.9 Å². The molecule has 0 spiro atoms. The predicted molar refractivity (Wildman–Crippen MR) is 122 cm³/mol. The molecule has 2 unspecified atom stereocenters. The first kappa shape index (κ1) is 21.5. The molecule has 1 saturated heterocycles. The number of nitrogens with zero attached hydrogens (tertiary/aromatic N) is 2. The lowest BCUT2D eigenvalue weighted by Crippen LogP contribution is -2.49. The second-order valence-corrected chi connectivity index (χ2v) is 8.08. The van der Waals surface area contributed by atoms with Crippen molar-refractivity contribution in [2.24, 2.45) is 16.8 Å². The van der Waals surface area contributed by atoms with Gasteiger partial charge in [-0.25, -0.2) is 0 Å². The lowest BCUT2D eigenvalue weighted by molar-refractivity contribution is 0.187. The number of nitrogens with one attached hydrogen (secondary N) is 2. The molecule has 0 radical (unpaired) electrons. The highest BCUT2D eigenvalue weighted by Gasteiger charge is 2.37. The third-order valence-electron chi connectivity index (χ3n) is 5.46. The molecule has 4 nitrogen and oxygen atoms in total. The van der Waals surface area contributed by atoms with Crippen molar-refractivity contribution in [3.05, 3.63) is 35.9 Å². The van der Waals surface area contributed by atoms with E-state index < -0.39 is 0 Å². The summed E-state index contributed by atoms with van der Waals surface area (Å²) in [6.07, 6.45) is 3.72. The van der Waals surface area contributed by atoms with Gasteiger partial charge in [0.1, 0.15) is 0 Å². The van der Waals surface area contributed by atoms with Gasteiger partial charge in [-0.2, -0.15) is 0 Å². The number of halogens is 1. The normalized spacial score (nSPS) is 24.2. The smallest absolute Gasteiger partial charge is 0.191 e. The summed E-state index contributed by atoms with van der Waals surface area (Å²) >= 11 is 0. The summed E-state index contributed by atoms with van der Waals surface area (Å²) in [5, 5.41) is 7.18. The maximum absolute atomic E-state index is 4.43. The number of guanidine groups is 1. The molecule has 1 heterocycles. The second kappa shape index (κ2) is 10.5. The van der Waals surface area contributed by atoms with Gasteiger partial charge >= 0.3 is 0 Å². The molecule has 2 aliphatic rings. The van der Waals surface area contributed by atoms with E-state index in [1.807, 2.05) is 7.05 Å². The zero-order valence-corrected chi connectivity index (χ0v) is 18.8. The van der Waals surface area contributed by atoms with Crippen LogP contribution in [0.2, 0.25) is 0 Å². The lowest BCUT2D eigenvalue weighted by Gasteiger charge is -2.34. The van der Waals surface area contributed by atoms with Gasteiger partial charge in [-0.3, -0.25) is 4.99 Å². The summed E-state index contributed by atoms with van der Waals surface area (Å²) in [7, 11) is 1.88. The van der Waals surface area contributed by atoms with Gasteiger partial charge in [0.05, 0.1) is 0 Å². The van der Waals surface area contributed by atoms with E-state index in [1.165, 1.54) is 44.5 Å². The Labute approximate surface area is 176 Å². The Balaban J connectivity index is 0.00000243. The number of piperidine rings is 1. The van der Waals surface area contributed by atoms with Crippen LogP contribution in [0.25, 0.3) is 0 Å². The molecule has 0 amide bonds. The summed E-state index contributed by atoms with van der Waals surface area (Å²) in [6, 6.07) is 11.4. The minimum Gasteiger partial charge on any atom is -0.356 e. The summed E-state index contributed by atoms with van der Waals surface area (Å²) in [6.45, 7) is 9.25. The average molecular weight is 470 g/mol. The SMILES string of the molecule is CN=C(NCC1CC1c1ccccc1)NC1CCN(CC(C)C)CC1.I. The summed E-state index contributed by atoms with van der Waals surface area (Å²) < 4.78 is 0. The maximum atomic E-state index is 4.43. The van der Waals surface area contributed by atoms with Crippen LogP contribution in [0.1, 0.15) is 44.6 Å². The van der Waals surface area contributed by atoms with E-state index in [1.54, 1.807) is 0 Å². The Morgan fingerprint density at radius 2 is 1.88 bits per heavy atom. The minimum absolute atomic E-state index is 0. The van der Waals surface area contributed by atoms with Crippen molar-refractivity contribution in [2.75, 3.05) is 33.2 Å². The molecule has 2 atom stereocenters. The molecule has 1 saturated carbocycles. The number of likely N-dealkylation sites (tertiary alicyclic amines) is 1. The highest BCUT2D eigenvalue weighted by atomic mass is 127. The predicted octanol–water partition coefficient (Wildman–Crippen LogP) is 3.69. The van der Waals surface area contributed by atoms with Crippen LogP contribution in [-0.2, 0) is 0 Å². The van der Waals surface area contributed by atoms with E-state index in [2.05, 4.69) is 64.7 Å². The Morgan fingerprint density at radius 1 is 1.19 bits per heavy atom. The summed E-state index contributed by atoms with van der Waals surface area (Å²) in [4.78, 5) is 7.02. The fourth-order valence-corrected chi connectivity index (χ4v) is 3.97. The number of hydrogen-bond donors (Lipinski definition) is 2. The molecule has 146 valence electrons. The van der Waals surface area contributed by atoms with Crippen LogP contribution in [0, 0.1) is 11.8 Å². The molecule has 0 aromatic heterocycles. The van der Waals surface area contributed by atoms with Crippen LogP contribution in [0.15, 0.2) is 35.3 Å². The van der Waals surface area contributed by atoms with Gasteiger partial charge in [-0.05, 0) is 42.6 Å². The standard InChI is InChI=1S/C21H34N4.HI/c1-16(2)15-25-11-9-19(10-12-25)24-21(22-3)23-14-18-13-20(18)17-7-5-4-6-8-17;/h4-8,16,18-20H,9-15H2,1-3H3,(H2,22,23,24);1H. The minimum atomic E-state index is 0. The van der Waals surface area contributed by atoms with E-state index in [4.69, 9.17) is 0 Å². The van der Waals surface area contributed by atoms with Crippen molar-refractivity contribution in [3.8, 4) is 0 Å². The molecule has 2 N–H and O–H groups in total. The monoisotopic (exact) mass is 470 g/mol. The average Bonchev–Trinajstić information content (AvgIpc) is 3.40. The van der Waals surface area contributed by atoms with Crippen molar-refractivity contribution in [1.29, 1.82) is 0 Å². The molecule has 5 heteroatoms. The molecule has 1 aliphatic heterocycles. The molecular weight excluding hydrogens is 435 g/mol. The van der Waals surface area contributed by atoms with Gasteiger partial charge < -0.3 is 15.5 Å². The van der Waals surface area contributed by atoms with Gasteiger partial charge in [0.25, 0.3) is 0 Å². The molecular formula is C21H35IN4. The second-order valence-electron chi connectivity index (χ2n) is 8.08. The van der Waals surface area contributed by atoms with E-state index in [0.29, 0.717) is 6.04 Å². The van der Waals surface area contributed by atoms with Gasteiger partial charge in [-0.15, -0.1) is 24.0 Å². The summed E-state index contributed by atoms with van der Waals surface area (Å²) in [5.41, 5.74) is 1.48. The fraction of sp³-hybridized carbons (Fsp3) is 0.667. The Bertz CT molecular complexity index is 552. The molecule has 1 aromatic carbocycles. The Kier molecular flexibility index (Phi) is 8.67. The van der Waals surface area contributed by atoms with Crippen LogP contribution >= 0.6 is 24.0 Å². The Morgan fingerprint density at radius 3 is 2.50 bits per heavy atom. The van der Waals surface area contributed by atoms with Crippen LogP contribution in [0.4, 0.5) is 0 Å². The summed E-state index contributed by atoms with van der Waals surface area (Å²) in [5.74, 6) is 3.20. The van der Waals surface area contributed by atoms with Gasteiger partial charge in [0.15, 0.2) is 5.96 Å². The first-order chi connectivity index (χ1) is 12.2. The highest BCUT2D eigenvalue weighted by molar-refractivity contribution is 14.0. The van der Waals surface area contributed by atoms with Crippen molar-refractivity contribution in [3.63, 3.8) is 0 Å². The highest BCUT2D eigenvalue weighted by Crippen LogP contribution is 2.46. The van der Waals surface area contributed by atoms with Crippen LogP contribution in [0.3, 0.4) is 0 Å². The molecule has 1 aromatic rings. The van der Waals surface area contributed by atoms with Crippen molar-refractivity contribution < 1.29 is 0 Å². The van der Waals surface area contributed by atoms with Crippen LogP contribution in [0.5, 0.6) is 0 Å². The maximum Gasteiger partial charge on any atom is 0.191 e. The zero-order chi connectivity index (χ0) is 17.6. The number of benzene rings is 1. The number of hydrogen-bond acceptors (Lipinski definition) is 2. The van der Waals surface area contributed by atoms with Crippen molar-refractivity contribution in [2.45, 2.75) is 45.1 Å². The Hall–Kier alpha value is -0.820. The lowest BCUT2D eigenvalue weighted by atomic mass is 10.0. The number of rotatable bonds is 6. The number of aliphatic imine (C=N–C) groups is 1. The zero-order valence-electron chi connectivity index (χ0n) is 16.4. The van der Waals surface area contributed by atoms with E-state index >= 15 is 0 Å². The first-order valence-corrected chi connectivity index (χ1v) is 9.90. The van der Waals surface area contributed by atoms with Gasteiger partial charge in [-0.1, -0.05) is 44.2 Å². The molecule has 0 bridgehead atoms. The molecule has 3 rings (SSSR count). The van der Waals surface area contributed by atoms with Gasteiger partial charge in [0, 0.05) is 39.3 Å². The van der Waals surface area contributed by atoms with Crippen molar-refractivity contribution in [1.82, 2.24) is 15.5 Å². The van der Waals surface area contributed by atoms with E-state index in [-0.39, 0.29) is 24.0 Å². The molecule has 26 heavy (non-hydrogen) atoms. The largest absolute Gasteiger partial charge is 0.356 e. The van der Waals surface area contributed by atoms with Gasteiger partial charge in [0.2, 0.25) is 0 Å². The molecule has 1 aliphatic carbocycles. The first-order valence-electron chi connectivity index (χ1n) is 9.90. The fourth-order valence-electron chi connectivity index (χ4n) is 3.97. The quantitative estimate of drug-likeness (QED) is 0.379. The van der Waals surface area contributed by atoms with Crippen LogP contribution < -0.4 is 10.6 Å². The third kappa shape index (κ3) is 6.41. The van der Waals surface area contributed by atoms with E-state index in [0.717, 1.165) is 30.3 Å². The molecule has 2 fully saturated rings.